The van der Waals surface area contributed by atoms with Crippen LogP contribution in [0.1, 0.15) is 18.1 Å². The van der Waals surface area contributed by atoms with E-state index in [1.807, 2.05) is 30.4 Å². The summed E-state index contributed by atoms with van der Waals surface area (Å²) < 4.78 is 0. The van der Waals surface area contributed by atoms with Crippen molar-refractivity contribution in [3.8, 4) is 5.75 Å². The van der Waals surface area contributed by atoms with Crippen molar-refractivity contribution >= 4 is 23.8 Å². The molecule has 2 aromatic carbocycles. The molecule has 2 aromatic rings. The molecule has 0 aliphatic carbocycles. The van der Waals surface area contributed by atoms with Crippen LogP contribution in [-0.4, -0.2) is 29.9 Å². The molecule has 3 nitrogen and oxygen atoms in total. The van der Waals surface area contributed by atoms with Gasteiger partial charge in [-0.05, 0) is 62.2 Å². The van der Waals surface area contributed by atoms with E-state index >= 15 is 0 Å². The van der Waals surface area contributed by atoms with Crippen LogP contribution in [0.3, 0.4) is 0 Å². The molecule has 0 bridgehead atoms. The summed E-state index contributed by atoms with van der Waals surface area (Å²) >= 11 is 1.66. The first kappa shape index (κ1) is 16.4. The van der Waals surface area contributed by atoms with E-state index in [2.05, 4.69) is 37.9 Å². The van der Waals surface area contributed by atoms with E-state index in [9.17, 15) is 5.11 Å². The van der Waals surface area contributed by atoms with Gasteiger partial charge in [-0.3, -0.25) is 0 Å². The van der Waals surface area contributed by atoms with Crippen molar-refractivity contribution in [2.45, 2.75) is 30.6 Å². The van der Waals surface area contributed by atoms with Crippen LogP contribution in [0.2, 0.25) is 0 Å². The maximum absolute atomic E-state index is 9.57. The van der Waals surface area contributed by atoms with Gasteiger partial charge >= 0.3 is 0 Å². The van der Waals surface area contributed by atoms with Gasteiger partial charge in [0.05, 0.1) is 12.0 Å². The fourth-order valence-corrected chi connectivity index (χ4v) is 2.98. The molecule has 0 unspecified atom stereocenters. The van der Waals surface area contributed by atoms with Gasteiger partial charge in [0.1, 0.15) is 5.75 Å². The van der Waals surface area contributed by atoms with Gasteiger partial charge in [-0.25, -0.2) is 4.99 Å². The summed E-state index contributed by atoms with van der Waals surface area (Å²) in [6.45, 7) is 7.20. The summed E-state index contributed by atoms with van der Waals surface area (Å²) in [5, 5.41) is 9.57. The van der Waals surface area contributed by atoms with E-state index in [1.165, 1.54) is 10.5 Å². The molecule has 0 atom stereocenters. The second kappa shape index (κ2) is 7.36. The highest BCUT2D eigenvalue weighted by Gasteiger charge is 2.06. The SMILES string of the molecule is CCN(C)/C=N/c1cc(C)c(Sc2cccc(O)c2)cc1C. The molecule has 0 spiro atoms. The lowest BCUT2D eigenvalue weighted by molar-refractivity contribution is 0.474. The fourth-order valence-electron chi connectivity index (χ4n) is 1.94. The Morgan fingerprint density at radius 3 is 2.64 bits per heavy atom. The van der Waals surface area contributed by atoms with E-state index in [-0.39, 0.29) is 0 Å². The largest absolute Gasteiger partial charge is 0.508 e. The molecule has 2 rings (SSSR count). The Balaban J connectivity index is 2.24. The van der Waals surface area contributed by atoms with Gasteiger partial charge in [-0.2, -0.15) is 0 Å². The number of phenolic OH excluding ortho intramolecular Hbond substituents is 1. The minimum absolute atomic E-state index is 0.295. The van der Waals surface area contributed by atoms with Crippen LogP contribution < -0.4 is 0 Å². The minimum atomic E-state index is 0.295. The number of benzene rings is 2. The first-order valence-electron chi connectivity index (χ1n) is 7.32. The van der Waals surface area contributed by atoms with Crippen molar-refractivity contribution in [1.29, 1.82) is 0 Å². The van der Waals surface area contributed by atoms with Gasteiger partial charge in [0.2, 0.25) is 0 Å². The van der Waals surface area contributed by atoms with Crippen LogP contribution in [0.25, 0.3) is 0 Å². The highest BCUT2D eigenvalue weighted by molar-refractivity contribution is 7.99. The van der Waals surface area contributed by atoms with Gasteiger partial charge in [-0.1, -0.05) is 17.8 Å². The van der Waals surface area contributed by atoms with E-state index in [0.29, 0.717) is 5.75 Å². The number of phenols is 1. The third kappa shape index (κ3) is 4.28. The molecule has 0 aliphatic heterocycles. The molecule has 4 heteroatoms. The quantitative estimate of drug-likeness (QED) is 0.638. The smallest absolute Gasteiger partial charge is 0.116 e. The molecule has 0 saturated carbocycles. The Labute approximate surface area is 136 Å². The van der Waals surface area contributed by atoms with Gasteiger partial charge in [0.25, 0.3) is 0 Å². The maximum Gasteiger partial charge on any atom is 0.116 e. The van der Waals surface area contributed by atoms with Crippen molar-refractivity contribution in [2.24, 2.45) is 4.99 Å². The highest BCUT2D eigenvalue weighted by atomic mass is 32.2. The number of hydrogen-bond donors (Lipinski definition) is 1. The van der Waals surface area contributed by atoms with Crippen LogP contribution in [0.15, 0.2) is 51.2 Å². The lowest BCUT2D eigenvalue weighted by atomic mass is 10.1. The van der Waals surface area contributed by atoms with E-state index in [4.69, 9.17) is 0 Å². The molecule has 22 heavy (non-hydrogen) atoms. The Bertz CT molecular complexity index is 683. The van der Waals surface area contributed by atoms with Gasteiger partial charge in [-0.15, -0.1) is 0 Å². The average Bonchev–Trinajstić information content (AvgIpc) is 2.49. The monoisotopic (exact) mass is 314 g/mol. The van der Waals surface area contributed by atoms with Crippen molar-refractivity contribution in [3.05, 3.63) is 47.5 Å². The van der Waals surface area contributed by atoms with Crippen LogP contribution in [-0.2, 0) is 0 Å². The van der Waals surface area contributed by atoms with Crippen LogP contribution in [0.4, 0.5) is 5.69 Å². The van der Waals surface area contributed by atoms with Crippen molar-refractivity contribution in [1.82, 2.24) is 4.90 Å². The molecule has 0 aliphatic rings. The molecule has 1 N–H and O–H groups in total. The standard InChI is InChI=1S/C18H22N2OS/c1-5-20(4)12-19-17-9-14(3)18(10-13(17)2)22-16-8-6-7-15(21)11-16/h6-12,21H,5H2,1-4H3/b19-12+. The highest BCUT2D eigenvalue weighted by Crippen LogP contribution is 2.35. The summed E-state index contributed by atoms with van der Waals surface area (Å²) in [6.07, 6.45) is 1.86. The predicted molar refractivity (Wildman–Crippen MR) is 94.6 cm³/mol. The number of hydrogen-bond acceptors (Lipinski definition) is 3. The molecule has 0 saturated heterocycles. The molecule has 0 radical (unpaired) electrons. The number of nitrogens with zero attached hydrogens (tertiary/aromatic N) is 2. The van der Waals surface area contributed by atoms with Crippen LogP contribution in [0, 0.1) is 13.8 Å². The van der Waals surface area contributed by atoms with Crippen LogP contribution in [0.5, 0.6) is 5.75 Å². The summed E-state index contributed by atoms with van der Waals surface area (Å²) in [4.78, 5) is 8.82. The normalized spacial score (nSPS) is 11.1. The van der Waals surface area contributed by atoms with Crippen molar-refractivity contribution < 1.29 is 5.11 Å². The second-order valence-corrected chi connectivity index (χ2v) is 6.44. The molecule has 0 fully saturated rings. The van der Waals surface area contributed by atoms with Gasteiger partial charge in [0, 0.05) is 23.4 Å². The molecule has 0 heterocycles. The molecule has 0 aromatic heterocycles. The van der Waals surface area contributed by atoms with Gasteiger partial charge in [0.15, 0.2) is 0 Å². The van der Waals surface area contributed by atoms with Gasteiger partial charge < -0.3 is 10.0 Å². The van der Waals surface area contributed by atoms with E-state index in [1.54, 1.807) is 23.9 Å². The summed E-state index contributed by atoms with van der Waals surface area (Å²) in [7, 11) is 2.01. The Morgan fingerprint density at radius 1 is 1.18 bits per heavy atom. The van der Waals surface area contributed by atoms with Crippen LogP contribution >= 0.6 is 11.8 Å². The third-order valence-electron chi connectivity index (χ3n) is 3.43. The zero-order valence-electron chi connectivity index (χ0n) is 13.5. The zero-order valence-corrected chi connectivity index (χ0v) is 14.3. The van der Waals surface area contributed by atoms with Crippen molar-refractivity contribution in [3.63, 3.8) is 0 Å². The second-order valence-electron chi connectivity index (χ2n) is 5.32. The first-order valence-corrected chi connectivity index (χ1v) is 8.13. The Morgan fingerprint density at radius 2 is 1.95 bits per heavy atom. The zero-order chi connectivity index (χ0) is 16.1. The summed E-state index contributed by atoms with van der Waals surface area (Å²) in [5.41, 5.74) is 3.33. The Hall–Kier alpha value is -1.94. The average molecular weight is 314 g/mol. The first-order chi connectivity index (χ1) is 10.5. The number of aromatic hydroxyl groups is 1. The lowest BCUT2D eigenvalue weighted by Gasteiger charge is -2.11. The maximum atomic E-state index is 9.57. The molecule has 116 valence electrons. The topological polar surface area (TPSA) is 35.8 Å². The predicted octanol–water partition coefficient (Wildman–Crippen LogP) is 4.77. The Kier molecular flexibility index (Phi) is 5.50. The minimum Gasteiger partial charge on any atom is -0.508 e. The molecule has 0 amide bonds. The number of aryl methyl sites for hydroxylation is 2. The molecular weight excluding hydrogens is 292 g/mol. The van der Waals surface area contributed by atoms with Crippen molar-refractivity contribution in [2.75, 3.05) is 13.6 Å². The third-order valence-corrected chi connectivity index (χ3v) is 4.58. The number of aliphatic imine (C=N–C) groups is 1. The molecular formula is C18H22N2OS. The summed E-state index contributed by atoms with van der Waals surface area (Å²) in [5.74, 6) is 0.295. The summed E-state index contributed by atoms with van der Waals surface area (Å²) in [6, 6.07) is 11.6. The lowest BCUT2D eigenvalue weighted by Crippen LogP contribution is -2.14. The van der Waals surface area contributed by atoms with E-state index in [0.717, 1.165) is 22.7 Å². The fraction of sp³-hybridized carbons (Fsp3) is 0.278. The number of rotatable bonds is 5. The van der Waals surface area contributed by atoms with E-state index < -0.39 is 0 Å².